The Morgan fingerprint density at radius 3 is 2.77 bits per heavy atom. The Hall–Kier alpha value is -2.27. The largest absolute Gasteiger partial charge is 0.391 e. The summed E-state index contributed by atoms with van der Waals surface area (Å²) in [6.07, 6.45) is 6.24. The molecule has 0 spiro atoms. The minimum atomic E-state index is -0.471. The third-order valence-electron chi connectivity index (χ3n) is 4.08. The Labute approximate surface area is 129 Å². The molecule has 5 heteroatoms. The van der Waals surface area contributed by atoms with Crippen molar-refractivity contribution in [3.05, 3.63) is 60.2 Å². The first-order valence-corrected chi connectivity index (χ1v) is 7.50. The number of aliphatic hydroxyl groups is 1. The van der Waals surface area contributed by atoms with Crippen LogP contribution in [0.4, 0.5) is 0 Å². The monoisotopic (exact) mass is 297 g/mol. The van der Waals surface area contributed by atoms with Gasteiger partial charge in [0, 0.05) is 30.8 Å². The average molecular weight is 297 g/mol. The maximum Gasteiger partial charge on any atom is 0.228 e. The van der Waals surface area contributed by atoms with Crippen LogP contribution in [0.5, 0.6) is 0 Å². The summed E-state index contributed by atoms with van der Waals surface area (Å²) >= 11 is 0. The van der Waals surface area contributed by atoms with Crippen molar-refractivity contribution >= 4 is 5.91 Å². The van der Waals surface area contributed by atoms with Crippen LogP contribution >= 0.6 is 0 Å². The highest BCUT2D eigenvalue weighted by Gasteiger charge is 2.35. The van der Waals surface area contributed by atoms with Crippen molar-refractivity contribution in [2.24, 2.45) is 0 Å². The predicted octanol–water partition coefficient (Wildman–Crippen LogP) is 1.22. The first-order valence-electron chi connectivity index (χ1n) is 7.50. The van der Waals surface area contributed by atoms with E-state index in [0.717, 1.165) is 11.3 Å². The lowest BCUT2D eigenvalue weighted by Gasteiger charge is -2.26. The van der Waals surface area contributed by atoms with Crippen LogP contribution in [0.2, 0.25) is 0 Å². The number of aromatic nitrogens is 2. The molecule has 0 aromatic carbocycles. The van der Waals surface area contributed by atoms with Crippen molar-refractivity contribution in [2.75, 3.05) is 6.54 Å². The SMILES string of the molecule is O=C(Cc1ccccn1)N1CC[C@@H](O)[C@H]1Cc1ccncc1. The first kappa shape index (κ1) is 14.7. The molecule has 5 nitrogen and oxygen atoms in total. The molecule has 1 aliphatic heterocycles. The van der Waals surface area contributed by atoms with Crippen LogP contribution in [0.25, 0.3) is 0 Å². The van der Waals surface area contributed by atoms with E-state index in [1.54, 1.807) is 23.5 Å². The molecular formula is C17H19N3O2. The molecule has 0 unspecified atom stereocenters. The minimum absolute atomic E-state index is 0.0225. The van der Waals surface area contributed by atoms with Gasteiger partial charge in [0.2, 0.25) is 5.91 Å². The Bertz CT molecular complexity index is 618. The van der Waals surface area contributed by atoms with Crippen LogP contribution in [-0.2, 0) is 17.6 Å². The number of carbonyl (C=O) groups excluding carboxylic acids is 1. The van der Waals surface area contributed by atoms with Gasteiger partial charge in [-0.05, 0) is 42.7 Å². The van der Waals surface area contributed by atoms with Gasteiger partial charge in [0.15, 0.2) is 0 Å². The summed E-state index contributed by atoms with van der Waals surface area (Å²) in [5, 5.41) is 10.2. The summed E-state index contributed by atoms with van der Waals surface area (Å²) in [6.45, 7) is 0.600. The molecule has 114 valence electrons. The molecule has 1 aliphatic rings. The van der Waals surface area contributed by atoms with Crippen LogP contribution in [0.15, 0.2) is 48.9 Å². The van der Waals surface area contributed by atoms with E-state index in [4.69, 9.17) is 0 Å². The van der Waals surface area contributed by atoms with Crippen molar-refractivity contribution in [1.29, 1.82) is 0 Å². The average Bonchev–Trinajstić information content (AvgIpc) is 2.90. The zero-order valence-electron chi connectivity index (χ0n) is 12.3. The van der Waals surface area contributed by atoms with Crippen LogP contribution in [0, 0.1) is 0 Å². The summed E-state index contributed by atoms with van der Waals surface area (Å²) in [4.78, 5) is 22.5. The van der Waals surface area contributed by atoms with Crippen LogP contribution in [0.3, 0.4) is 0 Å². The van der Waals surface area contributed by atoms with Gasteiger partial charge in [0.1, 0.15) is 0 Å². The van der Waals surface area contributed by atoms with E-state index in [1.165, 1.54) is 0 Å². The van der Waals surface area contributed by atoms with E-state index in [1.807, 2.05) is 30.3 Å². The minimum Gasteiger partial charge on any atom is -0.391 e. The lowest BCUT2D eigenvalue weighted by atomic mass is 10.0. The fourth-order valence-corrected chi connectivity index (χ4v) is 2.91. The predicted molar refractivity (Wildman–Crippen MR) is 82.0 cm³/mol. The lowest BCUT2D eigenvalue weighted by molar-refractivity contribution is -0.132. The Morgan fingerprint density at radius 2 is 2.05 bits per heavy atom. The molecule has 0 aliphatic carbocycles. The molecular weight excluding hydrogens is 278 g/mol. The summed E-state index contributed by atoms with van der Waals surface area (Å²) in [7, 11) is 0. The van der Waals surface area contributed by atoms with E-state index in [0.29, 0.717) is 19.4 Å². The van der Waals surface area contributed by atoms with Crippen LogP contribution in [-0.4, -0.2) is 44.6 Å². The Morgan fingerprint density at radius 1 is 1.23 bits per heavy atom. The number of nitrogens with zero attached hydrogens (tertiary/aromatic N) is 3. The second kappa shape index (κ2) is 6.66. The maximum absolute atomic E-state index is 12.5. The van der Waals surface area contributed by atoms with E-state index in [-0.39, 0.29) is 18.4 Å². The number of hydrogen-bond acceptors (Lipinski definition) is 4. The van der Waals surface area contributed by atoms with Gasteiger partial charge in [-0.3, -0.25) is 14.8 Å². The smallest absolute Gasteiger partial charge is 0.228 e. The number of rotatable bonds is 4. The summed E-state index contributed by atoms with van der Waals surface area (Å²) in [5.41, 5.74) is 1.84. The number of pyridine rings is 2. The molecule has 1 fully saturated rings. The molecule has 2 aromatic rings. The van der Waals surface area contributed by atoms with Gasteiger partial charge in [-0.15, -0.1) is 0 Å². The molecule has 22 heavy (non-hydrogen) atoms. The highest BCUT2D eigenvalue weighted by Crippen LogP contribution is 2.22. The Kier molecular flexibility index (Phi) is 4.44. The highest BCUT2D eigenvalue weighted by atomic mass is 16.3. The van der Waals surface area contributed by atoms with Gasteiger partial charge < -0.3 is 10.0 Å². The second-order valence-corrected chi connectivity index (χ2v) is 5.57. The number of likely N-dealkylation sites (tertiary alicyclic amines) is 1. The van der Waals surface area contributed by atoms with Gasteiger partial charge in [-0.1, -0.05) is 6.07 Å². The molecule has 1 N–H and O–H groups in total. The molecule has 2 atom stereocenters. The van der Waals surface area contributed by atoms with Gasteiger partial charge in [-0.25, -0.2) is 0 Å². The van der Waals surface area contributed by atoms with Crippen molar-refractivity contribution in [3.8, 4) is 0 Å². The van der Waals surface area contributed by atoms with Crippen LogP contribution < -0.4 is 0 Å². The fourth-order valence-electron chi connectivity index (χ4n) is 2.91. The van der Waals surface area contributed by atoms with E-state index in [9.17, 15) is 9.90 Å². The van der Waals surface area contributed by atoms with Gasteiger partial charge >= 0.3 is 0 Å². The topological polar surface area (TPSA) is 66.3 Å². The lowest BCUT2D eigenvalue weighted by Crippen LogP contribution is -2.41. The maximum atomic E-state index is 12.5. The van der Waals surface area contributed by atoms with E-state index >= 15 is 0 Å². The quantitative estimate of drug-likeness (QED) is 0.921. The molecule has 3 rings (SSSR count). The Balaban J connectivity index is 1.70. The van der Waals surface area contributed by atoms with E-state index in [2.05, 4.69) is 9.97 Å². The second-order valence-electron chi connectivity index (χ2n) is 5.57. The molecule has 1 saturated heterocycles. The number of amides is 1. The highest BCUT2D eigenvalue weighted by molar-refractivity contribution is 5.79. The normalized spacial score (nSPS) is 21.0. The summed E-state index contributed by atoms with van der Waals surface area (Å²) in [6, 6.07) is 9.24. The third kappa shape index (κ3) is 3.31. The summed E-state index contributed by atoms with van der Waals surface area (Å²) in [5.74, 6) is 0.0225. The molecule has 1 amide bonds. The van der Waals surface area contributed by atoms with Crippen molar-refractivity contribution in [3.63, 3.8) is 0 Å². The molecule has 2 aromatic heterocycles. The van der Waals surface area contributed by atoms with Crippen molar-refractivity contribution < 1.29 is 9.90 Å². The first-order chi connectivity index (χ1) is 10.7. The van der Waals surface area contributed by atoms with Gasteiger partial charge in [0.25, 0.3) is 0 Å². The number of aliphatic hydroxyl groups excluding tert-OH is 1. The zero-order chi connectivity index (χ0) is 15.4. The van der Waals surface area contributed by atoms with Gasteiger partial charge in [-0.2, -0.15) is 0 Å². The molecule has 0 radical (unpaired) electrons. The molecule has 0 bridgehead atoms. The van der Waals surface area contributed by atoms with Crippen molar-refractivity contribution in [2.45, 2.75) is 31.4 Å². The number of hydrogen-bond donors (Lipinski definition) is 1. The third-order valence-corrected chi connectivity index (χ3v) is 4.08. The standard InChI is InChI=1S/C17H19N3O2/c21-16-6-10-20(15(16)11-13-4-8-18-9-5-13)17(22)12-14-3-1-2-7-19-14/h1-5,7-9,15-16,21H,6,10-12H2/t15-,16-/m1/s1. The number of carbonyl (C=O) groups is 1. The van der Waals surface area contributed by atoms with Crippen molar-refractivity contribution in [1.82, 2.24) is 14.9 Å². The van der Waals surface area contributed by atoms with E-state index < -0.39 is 6.10 Å². The van der Waals surface area contributed by atoms with Crippen LogP contribution in [0.1, 0.15) is 17.7 Å². The molecule has 3 heterocycles. The zero-order valence-corrected chi connectivity index (χ0v) is 12.3. The summed E-state index contributed by atoms with van der Waals surface area (Å²) < 4.78 is 0. The fraction of sp³-hybridized carbons (Fsp3) is 0.353. The van der Waals surface area contributed by atoms with Gasteiger partial charge in [0.05, 0.1) is 18.6 Å². The molecule has 0 saturated carbocycles.